The molecule has 0 aliphatic carbocycles. The van der Waals surface area contributed by atoms with Crippen molar-refractivity contribution in [3.63, 3.8) is 0 Å². The van der Waals surface area contributed by atoms with Gasteiger partial charge in [-0.05, 0) is 17.7 Å². The molecule has 3 rings (SSSR count). The van der Waals surface area contributed by atoms with Crippen molar-refractivity contribution in [2.75, 3.05) is 10.7 Å². The summed E-state index contributed by atoms with van der Waals surface area (Å²) in [6.07, 6.45) is 1.68. The van der Waals surface area contributed by atoms with Crippen molar-refractivity contribution in [2.45, 2.75) is 0 Å². The van der Waals surface area contributed by atoms with Crippen LogP contribution in [0.5, 0.6) is 0 Å². The largest absolute Gasteiger partial charge is 0.273 e. The van der Waals surface area contributed by atoms with E-state index in [0.29, 0.717) is 10.9 Å². The summed E-state index contributed by atoms with van der Waals surface area (Å²) in [6.45, 7) is 0. The molecule has 1 amide bonds. The molecule has 0 atom stereocenters. The molecule has 2 aromatic carbocycles. The molecule has 1 heterocycles. The van der Waals surface area contributed by atoms with Crippen molar-refractivity contribution >= 4 is 34.7 Å². The quantitative estimate of drug-likeness (QED) is 0.645. The van der Waals surface area contributed by atoms with Gasteiger partial charge >= 0.3 is 0 Å². The molecule has 0 saturated carbocycles. The van der Waals surface area contributed by atoms with Crippen LogP contribution < -0.4 is 4.90 Å². The van der Waals surface area contributed by atoms with E-state index in [9.17, 15) is 4.79 Å². The van der Waals surface area contributed by atoms with E-state index in [0.717, 1.165) is 11.3 Å². The monoisotopic (exact) mass is 295 g/mol. The van der Waals surface area contributed by atoms with Gasteiger partial charge in [0.05, 0.1) is 17.7 Å². The summed E-state index contributed by atoms with van der Waals surface area (Å²) in [4.78, 5) is 13.6. The van der Waals surface area contributed by atoms with E-state index in [4.69, 9.17) is 0 Å². The van der Waals surface area contributed by atoms with Crippen LogP contribution in [-0.2, 0) is 4.79 Å². The average Bonchev–Trinajstić information content (AvgIpc) is 2.90. The molecular weight excluding hydrogens is 282 g/mol. The fraction of sp³-hybridized carbons (Fsp3) is 0.0625. The lowest BCUT2D eigenvalue weighted by Crippen LogP contribution is -2.28. The van der Waals surface area contributed by atoms with Gasteiger partial charge in [0.15, 0.2) is 5.17 Å². The molecule has 1 fully saturated rings. The Bertz CT molecular complexity index is 683. The summed E-state index contributed by atoms with van der Waals surface area (Å²) in [7, 11) is 0. The Balaban J connectivity index is 1.82. The van der Waals surface area contributed by atoms with Crippen molar-refractivity contribution < 1.29 is 4.79 Å². The lowest BCUT2D eigenvalue weighted by molar-refractivity contribution is -0.115. The number of rotatable bonds is 3. The summed E-state index contributed by atoms with van der Waals surface area (Å²) < 4.78 is 0. The third-order valence-corrected chi connectivity index (χ3v) is 3.84. The molecule has 0 spiro atoms. The molecule has 0 aromatic heterocycles. The van der Waals surface area contributed by atoms with Gasteiger partial charge in [-0.3, -0.25) is 9.69 Å². The number of carbonyl (C=O) groups is 1. The average molecular weight is 295 g/mol. The lowest BCUT2D eigenvalue weighted by Gasteiger charge is -2.14. The third kappa shape index (κ3) is 3.20. The van der Waals surface area contributed by atoms with Gasteiger partial charge in [-0.1, -0.05) is 60.3 Å². The zero-order valence-corrected chi connectivity index (χ0v) is 12.0. The smallest absolute Gasteiger partial charge is 0.243 e. The van der Waals surface area contributed by atoms with Gasteiger partial charge in [-0.15, -0.1) is 5.10 Å². The van der Waals surface area contributed by atoms with E-state index in [1.54, 1.807) is 11.1 Å². The van der Waals surface area contributed by atoms with Crippen LogP contribution in [0.3, 0.4) is 0 Å². The van der Waals surface area contributed by atoms with Crippen LogP contribution in [0.25, 0.3) is 0 Å². The van der Waals surface area contributed by atoms with Crippen LogP contribution in [-0.4, -0.2) is 23.0 Å². The first-order valence-electron chi connectivity index (χ1n) is 6.51. The minimum absolute atomic E-state index is 0.0276. The molecule has 2 aromatic rings. The van der Waals surface area contributed by atoms with Crippen LogP contribution >= 0.6 is 11.8 Å². The fourth-order valence-corrected chi connectivity index (χ4v) is 2.77. The van der Waals surface area contributed by atoms with E-state index in [1.807, 2.05) is 60.7 Å². The van der Waals surface area contributed by atoms with Crippen LogP contribution in [0.1, 0.15) is 5.56 Å². The van der Waals surface area contributed by atoms with Crippen molar-refractivity contribution in [3.8, 4) is 0 Å². The van der Waals surface area contributed by atoms with Gasteiger partial charge < -0.3 is 0 Å². The predicted octanol–water partition coefficient (Wildman–Crippen LogP) is 3.16. The maximum absolute atomic E-state index is 12.0. The first kappa shape index (κ1) is 13.6. The van der Waals surface area contributed by atoms with Crippen LogP contribution in [0.2, 0.25) is 0 Å². The number of hydrogen-bond acceptors (Lipinski definition) is 4. The SMILES string of the molecule is O=C1CSC(=NN=Cc2ccccc2)N1c1ccccc1. The van der Waals surface area contributed by atoms with Gasteiger partial charge in [0.25, 0.3) is 0 Å². The van der Waals surface area contributed by atoms with Gasteiger partial charge in [0, 0.05) is 0 Å². The molecule has 4 nitrogen and oxygen atoms in total. The molecular formula is C16H13N3OS. The topological polar surface area (TPSA) is 45.0 Å². The Labute approximate surface area is 127 Å². The molecule has 1 aliphatic heterocycles. The Morgan fingerprint density at radius 1 is 1.00 bits per heavy atom. The predicted molar refractivity (Wildman–Crippen MR) is 87.9 cm³/mol. The van der Waals surface area contributed by atoms with Crippen molar-refractivity contribution in [3.05, 3.63) is 66.2 Å². The van der Waals surface area contributed by atoms with Crippen molar-refractivity contribution in [2.24, 2.45) is 10.2 Å². The van der Waals surface area contributed by atoms with Crippen LogP contribution in [0.4, 0.5) is 5.69 Å². The second kappa shape index (κ2) is 6.37. The number of anilines is 1. The van der Waals surface area contributed by atoms with Crippen molar-refractivity contribution in [1.82, 2.24) is 0 Å². The molecule has 0 unspecified atom stereocenters. The Hall–Kier alpha value is -2.40. The number of benzene rings is 2. The minimum Gasteiger partial charge on any atom is -0.273 e. The maximum atomic E-state index is 12.0. The number of nitrogens with zero attached hydrogens (tertiary/aromatic N) is 3. The first-order valence-corrected chi connectivity index (χ1v) is 7.50. The summed E-state index contributed by atoms with van der Waals surface area (Å²) in [5, 5.41) is 8.87. The maximum Gasteiger partial charge on any atom is 0.243 e. The van der Waals surface area contributed by atoms with Crippen LogP contribution in [0.15, 0.2) is 70.9 Å². The van der Waals surface area contributed by atoms with E-state index in [1.165, 1.54) is 11.8 Å². The molecule has 0 N–H and O–H groups in total. The summed E-state index contributed by atoms with van der Waals surface area (Å²) in [5.74, 6) is 0.425. The standard InChI is InChI=1S/C16H13N3OS/c20-15-12-21-16(19(15)14-9-5-2-6-10-14)18-17-11-13-7-3-1-4-8-13/h1-11H,12H2. The molecule has 1 saturated heterocycles. The molecule has 21 heavy (non-hydrogen) atoms. The summed E-state index contributed by atoms with van der Waals surface area (Å²) in [5.41, 5.74) is 1.79. The fourth-order valence-electron chi connectivity index (χ4n) is 1.95. The highest BCUT2D eigenvalue weighted by Gasteiger charge is 2.29. The highest BCUT2D eigenvalue weighted by molar-refractivity contribution is 8.15. The zero-order chi connectivity index (χ0) is 14.5. The van der Waals surface area contributed by atoms with Gasteiger partial charge in [0.2, 0.25) is 5.91 Å². The number of para-hydroxylation sites is 1. The van der Waals surface area contributed by atoms with Gasteiger partial charge in [-0.25, -0.2) is 0 Å². The molecule has 5 heteroatoms. The van der Waals surface area contributed by atoms with E-state index >= 15 is 0 Å². The number of thioether (sulfide) groups is 1. The van der Waals surface area contributed by atoms with Gasteiger partial charge in [0.1, 0.15) is 0 Å². The number of amides is 1. The first-order chi connectivity index (χ1) is 10.3. The number of carbonyl (C=O) groups excluding carboxylic acids is 1. The van der Waals surface area contributed by atoms with Gasteiger partial charge in [-0.2, -0.15) is 5.10 Å². The molecule has 1 aliphatic rings. The van der Waals surface area contributed by atoms with E-state index < -0.39 is 0 Å². The second-order valence-electron chi connectivity index (χ2n) is 4.39. The van der Waals surface area contributed by atoms with E-state index in [-0.39, 0.29) is 5.91 Å². The molecule has 0 radical (unpaired) electrons. The Kier molecular flexibility index (Phi) is 4.12. The Morgan fingerprint density at radius 3 is 2.38 bits per heavy atom. The molecule has 104 valence electrons. The highest BCUT2D eigenvalue weighted by atomic mass is 32.2. The summed E-state index contributed by atoms with van der Waals surface area (Å²) in [6, 6.07) is 19.2. The third-order valence-electron chi connectivity index (χ3n) is 2.93. The number of hydrogen-bond donors (Lipinski definition) is 0. The second-order valence-corrected chi connectivity index (χ2v) is 5.33. The summed E-state index contributed by atoms with van der Waals surface area (Å²) >= 11 is 1.40. The van der Waals surface area contributed by atoms with Crippen LogP contribution in [0, 0.1) is 0 Å². The van der Waals surface area contributed by atoms with E-state index in [2.05, 4.69) is 10.2 Å². The minimum atomic E-state index is 0.0276. The van der Waals surface area contributed by atoms with Crippen molar-refractivity contribution in [1.29, 1.82) is 0 Å². The molecule has 0 bridgehead atoms. The number of amidine groups is 1. The zero-order valence-electron chi connectivity index (χ0n) is 11.2. The normalized spacial score (nSPS) is 17.0. The lowest BCUT2D eigenvalue weighted by atomic mass is 10.2. The Morgan fingerprint density at radius 2 is 1.67 bits per heavy atom. The highest BCUT2D eigenvalue weighted by Crippen LogP contribution is 2.26.